The van der Waals surface area contributed by atoms with Gasteiger partial charge in [0.15, 0.2) is 0 Å². The lowest BCUT2D eigenvalue weighted by Gasteiger charge is -2.25. The maximum atomic E-state index is 12.7. The number of hydrogen-bond donors (Lipinski definition) is 3. The van der Waals surface area contributed by atoms with Crippen molar-refractivity contribution in [3.63, 3.8) is 0 Å². The smallest absolute Gasteiger partial charge is 0.387 e. The van der Waals surface area contributed by atoms with E-state index in [1.807, 2.05) is 27.2 Å². The number of allylic oxidation sites excluding steroid dienone is 11. The predicted molar refractivity (Wildman–Crippen MR) is 203 cm³/mol. The van der Waals surface area contributed by atoms with E-state index in [0.717, 1.165) is 57.8 Å². The third kappa shape index (κ3) is 32.5. The molecule has 0 saturated heterocycles. The summed E-state index contributed by atoms with van der Waals surface area (Å²) in [6.45, 7) is 4.58. The van der Waals surface area contributed by atoms with Gasteiger partial charge in [-0.3, -0.25) is 13.8 Å². The summed E-state index contributed by atoms with van der Waals surface area (Å²) in [7, 11) is 1.52. The summed E-state index contributed by atoms with van der Waals surface area (Å²) in [5.41, 5.74) is 0. The van der Waals surface area contributed by atoms with Crippen molar-refractivity contribution < 1.29 is 32.9 Å². The van der Waals surface area contributed by atoms with Gasteiger partial charge in [0, 0.05) is 6.42 Å². The molecule has 0 fully saturated rings. The molecule has 0 heterocycles. The Bertz CT molecular complexity index is 1010. The van der Waals surface area contributed by atoms with Crippen LogP contribution in [0.3, 0.4) is 0 Å². The van der Waals surface area contributed by atoms with Crippen molar-refractivity contribution in [2.24, 2.45) is 0 Å². The number of phosphoric ester groups is 1. The number of rotatable bonds is 31. The van der Waals surface area contributed by atoms with Crippen molar-refractivity contribution >= 4 is 13.7 Å². The van der Waals surface area contributed by atoms with Gasteiger partial charge in [0.05, 0.1) is 39.9 Å². The largest absolute Gasteiger partial charge is 0.472 e. The fraction of sp³-hybridized carbons (Fsp3) is 0.667. The van der Waals surface area contributed by atoms with E-state index in [1.54, 1.807) is 6.08 Å². The molecule has 0 spiro atoms. The molecule has 8 nitrogen and oxygen atoms in total. The van der Waals surface area contributed by atoms with Crippen LogP contribution < -0.4 is 5.32 Å². The summed E-state index contributed by atoms with van der Waals surface area (Å²) >= 11 is 0. The molecule has 0 aliphatic heterocycles. The highest BCUT2D eigenvalue weighted by atomic mass is 31.2. The minimum Gasteiger partial charge on any atom is -0.387 e. The molecule has 0 aromatic rings. The molecule has 3 unspecified atom stereocenters. The number of nitrogens with zero attached hydrogens (tertiary/aromatic N) is 1. The molecular formula is C39H70N2O6P+. The maximum Gasteiger partial charge on any atom is 0.472 e. The first-order valence-electron chi connectivity index (χ1n) is 18.3. The Labute approximate surface area is 294 Å². The predicted octanol–water partition coefficient (Wildman–Crippen LogP) is 9.29. The Kier molecular flexibility index (Phi) is 29.6. The first kappa shape index (κ1) is 45.9. The van der Waals surface area contributed by atoms with Gasteiger partial charge in [-0.2, -0.15) is 0 Å². The molecule has 0 aromatic carbocycles. The number of nitrogens with one attached hydrogen (secondary N) is 1. The molecule has 0 radical (unpaired) electrons. The summed E-state index contributed by atoms with van der Waals surface area (Å²) in [6, 6.07) is -0.876. The van der Waals surface area contributed by atoms with Crippen LogP contribution in [0.15, 0.2) is 72.9 Å². The molecule has 0 saturated carbocycles. The Hall–Kier alpha value is -2.06. The van der Waals surface area contributed by atoms with Crippen LogP contribution in [-0.2, 0) is 18.4 Å². The van der Waals surface area contributed by atoms with Crippen LogP contribution in [0.25, 0.3) is 0 Å². The molecule has 1 amide bonds. The van der Waals surface area contributed by atoms with Crippen LogP contribution in [0.2, 0.25) is 0 Å². The molecule has 0 aromatic heterocycles. The maximum absolute atomic E-state index is 12.7. The van der Waals surface area contributed by atoms with Crippen molar-refractivity contribution in [1.29, 1.82) is 0 Å². The van der Waals surface area contributed by atoms with Gasteiger partial charge in [-0.15, -0.1) is 0 Å². The number of likely N-dealkylation sites (N-methyl/N-ethyl adjacent to an activating group) is 1. The minimum atomic E-state index is -4.34. The van der Waals surface area contributed by atoms with Crippen LogP contribution >= 0.6 is 7.82 Å². The van der Waals surface area contributed by atoms with Gasteiger partial charge in [0.2, 0.25) is 5.91 Å². The lowest BCUT2D eigenvalue weighted by Crippen LogP contribution is -2.45. The average molecular weight is 694 g/mol. The summed E-state index contributed by atoms with van der Waals surface area (Å²) < 4.78 is 23.3. The van der Waals surface area contributed by atoms with Gasteiger partial charge in [0.25, 0.3) is 0 Å². The van der Waals surface area contributed by atoms with E-state index < -0.39 is 20.0 Å². The van der Waals surface area contributed by atoms with Crippen molar-refractivity contribution in [3.05, 3.63) is 72.9 Å². The van der Waals surface area contributed by atoms with E-state index in [4.69, 9.17) is 9.05 Å². The number of amides is 1. The lowest BCUT2D eigenvalue weighted by atomic mass is 10.1. The Morgan fingerprint density at radius 2 is 1.25 bits per heavy atom. The van der Waals surface area contributed by atoms with Crippen molar-refractivity contribution in [2.45, 2.75) is 129 Å². The first-order chi connectivity index (χ1) is 23.0. The molecule has 276 valence electrons. The number of aliphatic hydroxyl groups is 1. The molecule has 0 bridgehead atoms. The second-order valence-electron chi connectivity index (χ2n) is 13.2. The number of aliphatic hydroxyl groups excluding tert-OH is 1. The van der Waals surface area contributed by atoms with Crippen molar-refractivity contribution in [1.82, 2.24) is 5.32 Å². The van der Waals surface area contributed by atoms with Gasteiger partial charge in [-0.1, -0.05) is 125 Å². The van der Waals surface area contributed by atoms with Gasteiger partial charge < -0.3 is 19.8 Å². The van der Waals surface area contributed by atoms with E-state index in [0.29, 0.717) is 17.4 Å². The van der Waals surface area contributed by atoms with E-state index >= 15 is 0 Å². The molecule has 0 rings (SSSR count). The van der Waals surface area contributed by atoms with Crippen LogP contribution in [0, 0.1) is 0 Å². The van der Waals surface area contributed by atoms with Crippen LogP contribution in [-0.4, -0.2) is 73.4 Å². The SMILES string of the molecule is CC/C=C\C/C=C\C/C=C\C/C=C\C/C=C\CCCC(=O)NC(COP(=O)(O)OCC[N+](C)(C)C)C(O)/C=C/CCCCCCCCC. The fourth-order valence-corrected chi connectivity index (χ4v) is 5.22. The average Bonchev–Trinajstić information content (AvgIpc) is 3.02. The van der Waals surface area contributed by atoms with E-state index in [2.05, 4.69) is 79.9 Å². The number of carbonyl (C=O) groups is 1. The Morgan fingerprint density at radius 3 is 1.81 bits per heavy atom. The third-order valence-electron chi connectivity index (χ3n) is 7.43. The second-order valence-corrected chi connectivity index (χ2v) is 14.7. The van der Waals surface area contributed by atoms with E-state index in [-0.39, 0.29) is 25.5 Å². The lowest BCUT2D eigenvalue weighted by molar-refractivity contribution is -0.870. The van der Waals surface area contributed by atoms with Crippen molar-refractivity contribution in [3.8, 4) is 0 Å². The topological polar surface area (TPSA) is 105 Å². The number of phosphoric acid groups is 1. The quantitative estimate of drug-likeness (QED) is 0.0289. The molecule has 9 heteroatoms. The number of carbonyl (C=O) groups excluding carboxylic acids is 1. The number of hydrogen-bond acceptors (Lipinski definition) is 5. The molecule has 3 N–H and O–H groups in total. The third-order valence-corrected chi connectivity index (χ3v) is 8.42. The number of unbranched alkanes of at least 4 members (excludes halogenated alkanes) is 8. The zero-order valence-corrected chi connectivity index (χ0v) is 31.8. The van der Waals surface area contributed by atoms with Crippen LogP contribution in [0.1, 0.15) is 117 Å². The fourth-order valence-electron chi connectivity index (χ4n) is 4.48. The molecule has 0 aliphatic rings. The van der Waals surface area contributed by atoms with Crippen LogP contribution in [0.4, 0.5) is 0 Å². The monoisotopic (exact) mass is 693 g/mol. The van der Waals surface area contributed by atoms with Gasteiger partial charge in [0.1, 0.15) is 13.2 Å². The highest BCUT2D eigenvalue weighted by Gasteiger charge is 2.27. The summed E-state index contributed by atoms with van der Waals surface area (Å²) in [6.07, 6.45) is 39.8. The van der Waals surface area contributed by atoms with Gasteiger partial charge >= 0.3 is 7.82 Å². The standard InChI is InChI=1S/C39H69N2O6P/c1-6-8-10-12-14-16-17-18-19-20-21-22-23-25-27-29-31-33-39(43)40-37(36-47-48(44,45)46-35-34-41(3,4)5)38(42)32-30-28-26-24-15-13-11-9-7-2/h8,10,14,16,18-19,21-22,25,27,30,32,37-38,42H,6-7,9,11-13,15,17,20,23-24,26,28-29,31,33-36H2,1-5H3,(H-,40,43,44,45)/p+1/b10-8-,16-14-,19-18-,22-21-,27-25-,32-30+. The van der Waals surface area contributed by atoms with E-state index in [9.17, 15) is 19.4 Å². The Balaban J connectivity index is 4.64. The molecule has 48 heavy (non-hydrogen) atoms. The summed E-state index contributed by atoms with van der Waals surface area (Å²) in [5, 5.41) is 13.6. The number of quaternary nitrogens is 1. The minimum absolute atomic E-state index is 0.0466. The zero-order chi connectivity index (χ0) is 35.8. The summed E-state index contributed by atoms with van der Waals surface area (Å²) in [5.74, 6) is -0.241. The molecule has 0 aliphatic carbocycles. The normalized spacial score (nSPS) is 15.6. The van der Waals surface area contributed by atoms with Crippen molar-refractivity contribution in [2.75, 3.05) is 40.9 Å². The summed E-state index contributed by atoms with van der Waals surface area (Å²) in [4.78, 5) is 22.9. The highest BCUT2D eigenvalue weighted by molar-refractivity contribution is 7.47. The van der Waals surface area contributed by atoms with Gasteiger partial charge in [-0.05, 0) is 57.8 Å². The first-order valence-corrected chi connectivity index (χ1v) is 19.8. The van der Waals surface area contributed by atoms with Gasteiger partial charge in [-0.25, -0.2) is 4.57 Å². The molecule has 3 atom stereocenters. The van der Waals surface area contributed by atoms with E-state index in [1.165, 1.54) is 32.1 Å². The van der Waals surface area contributed by atoms with Crippen LogP contribution in [0.5, 0.6) is 0 Å². The Morgan fingerprint density at radius 1 is 0.729 bits per heavy atom. The highest BCUT2D eigenvalue weighted by Crippen LogP contribution is 2.43. The zero-order valence-electron chi connectivity index (χ0n) is 30.9. The molecular weight excluding hydrogens is 623 g/mol. The second kappa shape index (κ2) is 31.0.